The second kappa shape index (κ2) is 9.16. The van der Waals surface area contributed by atoms with E-state index in [0.29, 0.717) is 0 Å². The number of allylic oxidation sites excluding steroid dienone is 3. The van der Waals surface area contributed by atoms with Crippen molar-refractivity contribution < 1.29 is 13.4 Å². The van der Waals surface area contributed by atoms with Gasteiger partial charge < -0.3 is 0 Å². The number of halogens is 1. The minimum absolute atomic E-state index is 0.0202. The van der Waals surface area contributed by atoms with Crippen molar-refractivity contribution in [3.05, 3.63) is 101 Å². The summed E-state index contributed by atoms with van der Waals surface area (Å²) in [7, 11) is -1.03. The molecule has 0 aliphatic heterocycles. The quantitative estimate of drug-likeness (QED) is 0.412. The van der Waals surface area contributed by atoms with Crippen molar-refractivity contribution in [3.63, 3.8) is 0 Å². The van der Waals surface area contributed by atoms with Crippen LogP contribution in [0.3, 0.4) is 0 Å². The van der Waals surface area contributed by atoms with Crippen molar-refractivity contribution in [2.75, 3.05) is 6.26 Å². The maximum atomic E-state index is 14.1. The third-order valence-corrected chi connectivity index (χ3v) is 7.09. The molecule has 0 bridgehead atoms. The molecule has 0 spiro atoms. The minimum Gasteiger partial charge on any atom is -0.286 e. The van der Waals surface area contributed by atoms with Crippen LogP contribution in [-0.2, 0) is 15.6 Å². The van der Waals surface area contributed by atoms with E-state index in [2.05, 4.69) is 0 Å². The molecule has 0 N–H and O–H groups in total. The molecule has 0 saturated carbocycles. The highest BCUT2D eigenvalue weighted by molar-refractivity contribution is 8.13. The normalized spacial score (nSPS) is 15.3. The topological polar surface area (TPSA) is 34.1 Å². The van der Waals surface area contributed by atoms with Crippen LogP contribution >= 0.6 is 11.8 Å². The molecule has 0 saturated heterocycles. The van der Waals surface area contributed by atoms with Gasteiger partial charge in [0.15, 0.2) is 5.12 Å². The van der Waals surface area contributed by atoms with Crippen molar-refractivity contribution in [1.82, 2.24) is 0 Å². The molecule has 0 radical (unpaired) electrons. The Hall–Kier alpha value is -2.76. The summed E-state index contributed by atoms with van der Waals surface area (Å²) in [5.41, 5.74) is 5.48. The molecular weight excluding hydrogens is 427 g/mol. The first-order valence-corrected chi connectivity index (χ1v) is 12.2. The van der Waals surface area contributed by atoms with E-state index in [4.69, 9.17) is 0 Å². The van der Waals surface area contributed by atoms with Crippen LogP contribution in [0.15, 0.2) is 88.2 Å². The maximum absolute atomic E-state index is 14.1. The third-order valence-electron chi connectivity index (χ3n) is 5.27. The Bertz CT molecular complexity index is 1230. The molecule has 0 amide bonds. The van der Waals surface area contributed by atoms with Gasteiger partial charge in [0.25, 0.3) is 0 Å². The summed E-state index contributed by atoms with van der Waals surface area (Å²) >= 11 is 1.21. The van der Waals surface area contributed by atoms with Crippen LogP contribution in [0.1, 0.15) is 30.0 Å². The largest absolute Gasteiger partial charge is 0.286 e. The van der Waals surface area contributed by atoms with E-state index in [9.17, 15) is 13.4 Å². The molecule has 3 aromatic rings. The van der Waals surface area contributed by atoms with Crippen LogP contribution in [0.5, 0.6) is 0 Å². The summed E-state index contributed by atoms with van der Waals surface area (Å²) < 4.78 is 25.7. The van der Waals surface area contributed by atoms with Gasteiger partial charge in [-0.3, -0.25) is 9.00 Å². The van der Waals surface area contributed by atoms with Gasteiger partial charge in [0.05, 0.1) is 0 Å². The van der Waals surface area contributed by atoms with E-state index in [-0.39, 0.29) is 17.4 Å². The Labute approximate surface area is 188 Å². The van der Waals surface area contributed by atoms with E-state index in [0.717, 1.165) is 43.2 Å². The first-order valence-electron chi connectivity index (χ1n) is 9.83. The highest BCUT2D eigenvalue weighted by atomic mass is 32.2. The molecule has 0 fully saturated rings. The molecule has 1 aliphatic rings. The summed E-state index contributed by atoms with van der Waals surface area (Å²) in [6.07, 6.45) is 3.92. The predicted octanol–water partition coefficient (Wildman–Crippen LogP) is 6.60. The Morgan fingerprint density at radius 3 is 2.39 bits per heavy atom. The van der Waals surface area contributed by atoms with Gasteiger partial charge >= 0.3 is 0 Å². The van der Waals surface area contributed by atoms with Crippen LogP contribution < -0.4 is 0 Å². The van der Waals surface area contributed by atoms with Crippen LogP contribution in [-0.4, -0.2) is 15.6 Å². The third kappa shape index (κ3) is 4.78. The number of hydrogen-bond donors (Lipinski definition) is 0. The van der Waals surface area contributed by atoms with E-state index in [1.54, 1.807) is 12.3 Å². The van der Waals surface area contributed by atoms with Gasteiger partial charge in [-0.05, 0) is 82.8 Å². The summed E-state index contributed by atoms with van der Waals surface area (Å²) in [5.74, 6) is -0.316. The predicted molar refractivity (Wildman–Crippen MR) is 128 cm³/mol. The first kappa shape index (κ1) is 21.5. The monoisotopic (exact) mass is 448 g/mol. The lowest BCUT2D eigenvalue weighted by Crippen LogP contribution is -1.95. The Balaban J connectivity index is 1.69. The number of thioether (sulfide) groups is 1. The van der Waals surface area contributed by atoms with Crippen LogP contribution in [0.25, 0.3) is 17.2 Å². The minimum atomic E-state index is -1.03. The molecule has 0 heterocycles. The van der Waals surface area contributed by atoms with Gasteiger partial charge in [-0.2, -0.15) is 0 Å². The fraction of sp³-hybridized carbons (Fsp3) is 0.115. The van der Waals surface area contributed by atoms with Crippen molar-refractivity contribution in [3.8, 4) is 0 Å². The molecule has 31 heavy (non-hydrogen) atoms. The Kier molecular flexibility index (Phi) is 6.35. The van der Waals surface area contributed by atoms with E-state index in [1.165, 1.54) is 23.9 Å². The Morgan fingerprint density at radius 1 is 1.00 bits per heavy atom. The van der Waals surface area contributed by atoms with Gasteiger partial charge in [-0.15, -0.1) is 0 Å². The van der Waals surface area contributed by atoms with Crippen LogP contribution in [0, 0.1) is 5.82 Å². The van der Waals surface area contributed by atoms with Crippen molar-refractivity contribution >= 4 is 44.9 Å². The molecule has 5 heteroatoms. The van der Waals surface area contributed by atoms with Crippen LogP contribution in [0.2, 0.25) is 0 Å². The highest BCUT2D eigenvalue weighted by Crippen LogP contribution is 2.44. The SMILES string of the molecule is CC1=C(CC(=O)Sc2ccccc2)c2cc(F)ccc2/C1=C\c1ccc(S(C)=O)cc1. The summed E-state index contributed by atoms with van der Waals surface area (Å²) in [6, 6.07) is 21.8. The van der Waals surface area contributed by atoms with Crippen molar-refractivity contribution in [1.29, 1.82) is 0 Å². The second-order valence-corrected chi connectivity index (χ2v) is 9.85. The van der Waals surface area contributed by atoms with Crippen LogP contribution in [0.4, 0.5) is 4.39 Å². The zero-order chi connectivity index (χ0) is 22.0. The number of carbonyl (C=O) groups is 1. The lowest BCUT2D eigenvalue weighted by molar-refractivity contribution is -0.110. The summed E-state index contributed by atoms with van der Waals surface area (Å²) in [5, 5.41) is 0.0202. The highest BCUT2D eigenvalue weighted by Gasteiger charge is 2.26. The molecular formula is C26H21FO2S2. The molecule has 1 unspecified atom stereocenters. The molecule has 3 aromatic carbocycles. The fourth-order valence-electron chi connectivity index (χ4n) is 3.70. The zero-order valence-corrected chi connectivity index (χ0v) is 18.9. The van der Waals surface area contributed by atoms with E-state index >= 15 is 0 Å². The van der Waals surface area contributed by atoms with Gasteiger partial charge in [0, 0.05) is 33.3 Å². The number of fused-ring (bicyclic) bond motifs is 1. The molecule has 2 nitrogen and oxygen atoms in total. The summed E-state index contributed by atoms with van der Waals surface area (Å²) in [4.78, 5) is 14.4. The number of carbonyl (C=O) groups excluding carboxylic acids is 1. The number of benzene rings is 3. The van der Waals surface area contributed by atoms with E-state index < -0.39 is 10.8 Å². The average molecular weight is 449 g/mol. The number of rotatable bonds is 5. The van der Waals surface area contributed by atoms with Gasteiger partial charge in [0.1, 0.15) is 5.82 Å². The maximum Gasteiger partial charge on any atom is 0.198 e. The Morgan fingerprint density at radius 2 is 1.71 bits per heavy atom. The summed E-state index contributed by atoms with van der Waals surface area (Å²) in [6.45, 7) is 1.98. The molecule has 156 valence electrons. The molecule has 4 rings (SSSR count). The lowest BCUT2D eigenvalue weighted by Gasteiger charge is -2.06. The lowest BCUT2D eigenvalue weighted by atomic mass is 10.0. The standard InChI is InChI=1S/C26H21FO2S2/c1-17-23(14-18-8-11-21(12-9-18)31(2)29)22-13-10-19(27)15-25(22)24(17)16-26(28)30-20-6-4-3-5-7-20/h3-15H,16H2,1-2H3/b23-14-. The van der Waals surface area contributed by atoms with Gasteiger partial charge in [-0.25, -0.2) is 4.39 Å². The first-order chi connectivity index (χ1) is 14.9. The second-order valence-electron chi connectivity index (χ2n) is 7.34. The van der Waals surface area contributed by atoms with Gasteiger partial charge in [-0.1, -0.05) is 48.2 Å². The average Bonchev–Trinajstić information content (AvgIpc) is 3.00. The zero-order valence-electron chi connectivity index (χ0n) is 17.2. The van der Waals surface area contributed by atoms with Gasteiger partial charge in [0.2, 0.25) is 0 Å². The van der Waals surface area contributed by atoms with E-state index in [1.807, 2.05) is 67.6 Å². The van der Waals surface area contributed by atoms with Crippen molar-refractivity contribution in [2.45, 2.75) is 23.1 Å². The number of hydrogen-bond acceptors (Lipinski definition) is 3. The smallest absolute Gasteiger partial charge is 0.198 e. The molecule has 1 atom stereocenters. The van der Waals surface area contributed by atoms with Crippen molar-refractivity contribution in [2.24, 2.45) is 0 Å². The molecule has 0 aromatic heterocycles. The molecule has 1 aliphatic carbocycles. The fourth-order valence-corrected chi connectivity index (χ4v) is 5.00.